The van der Waals surface area contributed by atoms with E-state index in [-0.39, 0.29) is 17.1 Å². The molecule has 0 fully saturated rings. The van der Waals surface area contributed by atoms with Gasteiger partial charge in [0.2, 0.25) is 0 Å². The fraction of sp³-hybridized carbons (Fsp3) is 0.188. The highest BCUT2D eigenvalue weighted by Gasteiger charge is 2.19. The molecule has 5 heteroatoms. The van der Waals surface area contributed by atoms with E-state index in [0.29, 0.717) is 5.75 Å². The summed E-state index contributed by atoms with van der Waals surface area (Å²) >= 11 is 0. The second-order valence-electron chi connectivity index (χ2n) is 4.64. The molecule has 0 saturated heterocycles. The van der Waals surface area contributed by atoms with Gasteiger partial charge in [0.15, 0.2) is 15.6 Å². The molecular weight excluding hydrogens is 288 g/mol. The van der Waals surface area contributed by atoms with Crippen LogP contribution in [0, 0.1) is 0 Å². The van der Waals surface area contributed by atoms with E-state index in [9.17, 15) is 13.2 Å². The lowest BCUT2D eigenvalue weighted by Crippen LogP contribution is -2.18. The number of methoxy groups -OCH3 is 1. The quantitative estimate of drug-likeness (QED) is 0.821. The average molecular weight is 304 g/mol. The van der Waals surface area contributed by atoms with Crippen molar-refractivity contribution >= 4 is 15.6 Å². The van der Waals surface area contributed by atoms with Crippen LogP contribution in [-0.4, -0.2) is 27.1 Å². The largest absolute Gasteiger partial charge is 0.497 e. The lowest BCUT2D eigenvalue weighted by molar-refractivity contribution is -0.116. The summed E-state index contributed by atoms with van der Waals surface area (Å²) in [6.45, 7) is 0. The molecule has 0 bridgehead atoms. The van der Waals surface area contributed by atoms with Crippen molar-refractivity contribution < 1.29 is 17.9 Å². The number of ether oxygens (including phenoxy) is 1. The summed E-state index contributed by atoms with van der Waals surface area (Å²) in [5.74, 6) is -0.115. The summed E-state index contributed by atoms with van der Waals surface area (Å²) < 4.78 is 29.2. The van der Waals surface area contributed by atoms with Gasteiger partial charge in [-0.05, 0) is 29.8 Å². The van der Waals surface area contributed by atoms with Gasteiger partial charge in [0.25, 0.3) is 0 Å². The predicted molar refractivity (Wildman–Crippen MR) is 80.2 cm³/mol. The summed E-state index contributed by atoms with van der Waals surface area (Å²) in [7, 11) is -2.00. The van der Waals surface area contributed by atoms with E-state index in [4.69, 9.17) is 4.74 Å². The number of carbonyl (C=O) groups excluding carboxylic acids is 1. The SMILES string of the molecule is COc1ccc(CC(=O)CS(=O)(=O)c2ccccc2)cc1. The first kappa shape index (κ1) is 15.3. The Bertz CT molecular complexity index is 704. The van der Waals surface area contributed by atoms with Crippen LogP contribution in [0.3, 0.4) is 0 Å². The first-order valence-corrected chi connectivity index (χ1v) is 8.09. The maximum absolute atomic E-state index is 12.1. The number of benzene rings is 2. The maximum atomic E-state index is 12.1. The summed E-state index contributed by atoms with van der Waals surface area (Å²) in [4.78, 5) is 12.1. The van der Waals surface area contributed by atoms with Crippen molar-refractivity contribution in [1.82, 2.24) is 0 Å². The Balaban J connectivity index is 2.04. The zero-order valence-corrected chi connectivity index (χ0v) is 12.5. The van der Waals surface area contributed by atoms with Gasteiger partial charge in [0, 0.05) is 6.42 Å². The van der Waals surface area contributed by atoms with Crippen LogP contribution < -0.4 is 4.74 Å². The van der Waals surface area contributed by atoms with E-state index in [0.717, 1.165) is 5.56 Å². The second kappa shape index (κ2) is 6.54. The molecule has 21 heavy (non-hydrogen) atoms. The summed E-state index contributed by atoms with van der Waals surface area (Å²) in [5, 5.41) is 0. The molecule has 0 spiro atoms. The van der Waals surface area contributed by atoms with Crippen LogP contribution in [-0.2, 0) is 21.1 Å². The minimum Gasteiger partial charge on any atom is -0.497 e. The van der Waals surface area contributed by atoms with Crippen LogP contribution in [0.5, 0.6) is 5.75 Å². The molecule has 0 saturated carbocycles. The van der Waals surface area contributed by atoms with Crippen molar-refractivity contribution in [3.05, 3.63) is 60.2 Å². The van der Waals surface area contributed by atoms with Crippen LogP contribution in [0.1, 0.15) is 5.56 Å². The molecule has 0 heterocycles. The minimum atomic E-state index is -3.57. The molecule has 4 nitrogen and oxygen atoms in total. The van der Waals surface area contributed by atoms with E-state index >= 15 is 0 Å². The van der Waals surface area contributed by atoms with Gasteiger partial charge in [-0.2, -0.15) is 0 Å². The van der Waals surface area contributed by atoms with Crippen LogP contribution in [0.15, 0.2) is 59.5 Å². The molecule has 0 radical (unpaired) electrons. The van der Waals surface area contributed by atoms with Gasteiger partial charge in [-0.3, -0.25) is 4.79 Å². The third kappa shape index (κ3) is 4.16. The van der Waals surface area contributed by atoms with Crippen molar-refractivity contribution in [2.24, 2.45) is 0 Å². The van der Waals surface area contributed by atoms with Crippen molar-refractivity contribution in [3.63, 3.8) is 0 Å². The van der Waals surface area contributed by atoms with Crippen LogP contribution in [0.4, 0.5) is 0 Å². The standard InChI is InChI=1S/C16H16O4S/c1-20-15-9-7-13(8-10-15)11-14(17)12-21(18,19)16-5-3-2-4-6-16/h2-10H,11-12H2,1H3. The second-order valence-corrected chi connectivity index (χ2v) is 6.63. The Morgan fingerprint density at radius 1 is 1.00 bits per heavy atom. The molecule has 0 N–H and O–H groups in total. The van der Waals surface area contributed by atoms with Gasteiger partial charge in [-0.15, -0.1) is 0 Å². The molecule has 0 atom stereocenters. The van der Waals surface area contributed by atoms with Gasteiger partial charge in [0.1, 0.15) is 11.5 Å². The van der Waals surface area contributed by atoms with E-state index in [1.807, 2.05) is 0 Å². The number of ketones is 1. The highest BCUT2D eigenvalue weighted by molar-refractivity contribution is 7.92. The monoisotopic (exact) mass is 304 g/mol. The average Bonchev–Trinajstić information content (AvgIpc) is 2.48. The van der Waals surface area contributed by atoms with Gasteiger partial charge < -0.3 is 4.74 Å². The summed E-state index contributed by atoms with van der Waals surface area (Å²) in [5.41, 5.74) is 0.768. The molecular formula is C16H16O4S. The van der Waals surface area contributed by atoms with Crippen molar-refractivity contribution in [2.75, 3.05) is 12.9 Å². The first-order chi connectivity index (χ1) is 10.0. The minimum absolute atomic E-state index is 0.0933. The third-order valence-corrected chi connectivity index (χ3v) is 4.71. The highest BCUT2D eigenvalue weighted by atomic mass is 32.2. The molecule has 2 aromatic rings. The van der Waals surface area contributed by atoms with E-state index in [2.05, 4.69) is 0 Å². The van der Waals surface area contributed by atoms with Gasteiger partial charge >= 0.3 is 0 Å². The van der Waals surface area contributed by atoms with E-state index in [1.165, 1.54) is 12.1 Å². The topological polar surface area (TPSA) is 60.4 Å². The highest BCUT2D eigenvalue weighted by Crippen LogP contribution is 2.14. The number of hydrogen-bond acceptors (Lipinski definition) is 4. The molecule has 0 unspecified atom stereocenters. The van der Waals surface area contributed by atoms with Gasteiger partial charge in [0.05, 0.1) is 12.0 Å². The number of carbonyl (C=O) groups is 1. The lowest BCUT2D eigenvalue weighted by atomic mass is 10.1. The first-order valence-electron chi connectivity index (χ1n) is 6.44. The molecule has 0 aliphatic heterocycles. The lowest BCUT2D eigenvalue weighted by Gasteiger charge is -2.05. The maximum Gasteiger partial charge on any atom is 0.185 e. The number of sulfone groups is 1. The fourth-order valence-corrected chi connectivity index (χ4v) is 3.21. The Kier molecular flexibility index (Phi) is 4.75. The van der Waals surface area contributed by atoms with E-state index in [1.54, 1.807) is 49.6 Å². The fourth-order valence-electron chi connectivity index (χ4n) is 1.95. The predicted octanol–water partition coefficient (Wildman–Crippen LogP) is 2.28. The van der Waals surface area contributed by atoms with Crippen molar-refractivity contribution in [2.45, 2.75) is 11.3 Å². The van der Waals surface area contributed by atoms with E-state index < -0.39 is 15.6 Å². The number of rotatable bonds is 6. The molecule has 0 aromatic heterocycles. The normalized spacial score (nSPS) is 11.1. The summed E-state index contributed by atoms with van der Waals surface area (Å²) in [6.07, 6.45) is 0.0933. The molecule has 110 valence electrons. The summed E-state index contributed by atoms with van der Waals surface area (Å²) in [6, 6.07) is 15.0. The van der Waals surface area contributed by atoms with Crippen molar-refractivity contribution in [3.8, 4) is 5.75 Å². The Morgan fingerprint density at radius 3 is 2.19 bits per heavy atom. The molecule has 0 amide bonds. The number of hydrogen-bond donors (Lipinski definition) is 0. The van der Waals surface area contributed by atoms with Crippen LogP contribution in [0.2, 0.25) is 0 Å². The molecule has 2 rings (SSSR count). The third-order valence-electron chi connectivity index (χ3n) is 3.01. The molecule has 2 aromatic carbocycles. The van der Waals surface area contributed by atoms with Crippen molar-refractivity contribution in [1.29, 1.82) is 0 Å². The van der Waals surface area contributed by atoms with Crippen LogP contribution >= 0.6 is 0 Å². The van der Waals surface area contributed by atoms with Gasteiger partial charge in [-0.1, -0.05) is 30.3 Å². The Hall–Kier alpha value is -2.14. The zero-order chi connectivity index (χ0) is 15.3. The molecule has 0 aliphatic rings. The molecule has 0 aliphatic carbocycles. The van der Waals surface area contributed by atoms with Gasteiger partial charge in [-0.25, -0.2) is 8.42 Å². The number of Topliss-reactive ketones (excluding diaryl/α,β-unsaturated/α-hetero) is 1. The smallest absolute Gasteiger partial charge is 0.185 e. The van der Waals surface area contributed by atoms with Crippen LogP contribution in [0.25, 0.3) is 0 Å². The Morgan fingerprint density at radius 2 is 1.62 bits per heavy atom. The Labute approximate surface area is 124 Å². The zero-order valence-electron chi connectivity index (χ0n) is 11.7.